The topological polar surface area (TPSA) is 127 Å². The van der Waals surface area contributed by atoms with Crippen LogP contribution in [-0.4, -0.2) is 60.8 Å². The molecule has 0 aliphatic carbocycles. The number of anilines is 1. The number of nitrogens with two attached hydrogens (primary N) is 1. The first-order chi connectivity index (χ1) is 16.8. The zero-order valence-electron chi connectivity index (χ0n) is 21.1. The number of nitrogens with zero attached hydrogens (tertiary/aromatic N) is 3. The monoisotopic (exact) mass is 543 g/mol. The molecule has 13 heteroatoms. The Morgan fingerprint density at radius 3 is 2.37 bits per heavy atom. The molecule has 0 saturated carbocycles. The predicted octanol–water partition coefficient (Wildman–Crippen LogP) is 4.16. The summed E-state index contributed by atoms with van der Waals surface area (Å²) >= 11 is 7.05. The molecule has 2 aromatic heterocycles. The van der Waals surface area contributed by atoms with Crippen molar-refractivity contribution >= 4 is 45.8 Å². The summed E-state index contributed by atoms with van der Waals surface area (Å²) in [6, 6.07) is 3.67. The van der Waals surface area contributed by atoms with Crippen LogP contribution in [0.25, 0.3) is 11.2 Å². The zero-order valence-corrected chi connectivity index (χ0v) is 23.8. The third kappa shape index (κ3) is 5.24. The van der Waals surface area contributed by atoms with Gasteiger partial charge in [0.1, 0.15) is 11.5 Å². The SMILES string of the molecule is CCC[Si]1(CCC)OC[C@H]2O[C@@H](n3cnc4c(=O)[nH]c(N)nc43)C(Cl)C2O[Si](CCC)(CCC)O1. The van der Waals surface area contributed by atoms with Crippen LogP contribution in [0.2, 0.25) is 24.2 Å². The average Bonchev–Trinajstić information content (AvgIpc) is 3.33. The maximum Gasteiger partial charge on any atom is 0.329 e. The molecule has 3 N–H and O–H groups in total. The van der Waals surface area contributed by atoms with Gasteiger partial charge in [-0.1, -0.05) is 53.4 Å². The maximum absolute atomic E-state index is 12.3. The van der Waals surface area contributed by atoms with Crippen molar-refractivity contribution in [1.29, 1.82) is 0 Å². The predicted molar refractivity (Wildman–Crippen MR) is 140 cm³/mol. The number of imidazole rings is 1. The fourth-order valence-corrected chi connectivity index (χ4v) is 16.0. The standard InChI is InChI=1S/C22H38ClN5O5Si2/c1-5-9-34(10-6-2)30-13-15-18(32-35(33-34,11-7-3)12-8-4)16(23)21(31-15)28-14-25-17-19(28)26-22(24)27-20(17)29/h14-16,18,21H,5-13H2,1-4H3,(H3,24,26,27,29)/t15-,16?,18?,21-/m1/s1. The molecule has 0 radical (unpaired) electrons. The minimum Gasteiger partial charge on any atom is -0.414 e. The molecule has 4 rings (SSSR count). The van der Waals surface area contributed by atoms with Crippen LogP contribution >= 0.6 is 11.6 Å². The second-order valence-electron chi connectivity index (χ2n) is 9.60. The van der Waals surface area contributed by atoms with Crippen LogP contribution in [0.5, 0.6) is 0 Å². The lowest BCUT2D eigenvalue weighted by molar-refractivity contribution is -0.0518. The van der Waals surface area contributed by atoms with Gasteiger partial charge in [-0.25, -0.2) is 4.98 Å². The van der Waals surface area contributed by atoms with E-state index < -0.39 is 40.4 Å². The average molecular weight is 544 g/mol. The van der Waals surface area contributed by atoms with E-state index in [9.17, 15) is 4.79 Å². The number of hydrogen-bond donors (Lipinski definition) is 2. The van der Waals surface area contributed by atoms with Crippen molar-refractivity contribution in [2.45, 2.75) is 101 Å². The van der Waals surface area contributed by atoms with Crippen molar-refractivity contribution in [3.8, 4) is 0 Å². The molecular weight excluding hydrogens is 506 g/mol. The Morgan fingerprint density at radius 1 is 1.11 bits per heavy atom. The summed E-state index contributed by atoms with van der Waals surface area (Å²) in [6.07, 6.45) is 4.10. The van der Waals surface area contributed by atoms with Crippen LogP contribution in [-0.2, 0) is 17.7 Å². The molecule has 2 aliphatic heterocycles. The van der Waals surface area contributed by atoms with E-state index in [0.29, 0.717) is 12.3 Å². The molecule has 4 atom stereocenters. The van der Waals surface area contributed by atoms with Crippen molar-refractivity contribution in [3.63, 3.8) is 0 Å². The highest BCUT2D eigenvalue weighted by atomic mass is 35.5. The fourth-order valence-electron chi connectivity index (χ4n) is 5.44. The molecule has 2 aliphatic rings. The van der Waals surface area contributed by atoms with Crippen molar-refractivity contribution in [2.75, 3.05) is 12.3 Å². The minimum atomic E-state index is -2.63. The van der Waals surface area contributed by atoms with Crippen LogP contribution in [0, 0.1) is 0 Å². The molecule has 0 spiro atoms. The van der Waals surface area contributed by atoms with Gasteiger partial charge < -0.3 is 23.4 Å². The van der Waals surface area contributed by atoms with Gasteiger partial charge in [-0.15, -0.1) is 11.6 Å². The third-order valence-electron chi connectivity index (χ3n) is 6.75. The molecule has 10 nitrogen and oxygen atoms in total. The van der Waals surface area contributed by atoms with Gasteiger partial charge in [0, 0.05) is 0 Å². The Hall–Kier alpha value is -1.29. The van der Waals surface area contributed by atoms with Gasteiger partial charge in [-0.3, -0.25) is 14.3 Å². The van der Waals surface area contributed by atoms with Gasteiger partial charge in [0.25, 0.3) is 5.56 Å². The van der Waals surface area contributed by atoms with E-state index in [0.717, 1.165) is 49.9 Å². The van der Waals surface area contributed by atoms with E-state index in [4.69, 9.17) is 35.0 Å². The van der Waals surface area contributed by atoms with Crippen molar-refractivity contribution < 1.29 is 17.7 Å². The van der Waals surface area contributed by atoms with E-state index in [1.54, 1.807) is 4.57 Å². The summed E-state index contributed by atoms with van der Waals surface area (Å²) in [5, 5.41) is -0.543. The molecule has 2 aromatic rings. The Kier molecular flexibility index (Phi) is 8.41. The summed E-state index contributed by atoms with van der Waals surface area (Å²) in [5.41, 5.74) is 5.92. The second kappa shape index (κ2) is 11.0. The van der Waals surface area contributed by atoms with Crippen molar-refractivity contribution in [1.82, 2.24) is 19.5 Å². The Bertz CT molecular complexity index is 1060. The minimum absolute atomic E-state index is 0.0135. The number of hydrogen-bond acceptors (Lipinski definition) is 8. The number of nitrogen functional groups attached to an aromatic ring is 1. The number of fused-ring (bicyclic) bond motifs is 2. The van der Waals surface area contributed by atoms with E-state index in [2.05, 4.69) is 42.6 Å². The molecule has 35 heavy (non-hydrogen) atoms. The largest absolute Gasteiger partial charge is 0.414 e. The summed E-state index contributed by atoms with van der Waals surface area (Å²) in [4.78, 5) is 23.3. The quantitative estimate of drug-likeness (QED) is 0.356. The lowest BCUT2D eigenvalue weighted by Gasteiger charge is -2.45. The first kappa shape index (κ1) is 26.8. The fraction of sp³-hybridized carbons (Fsp3) is 0.773. The molecular formula is C22H38ClN5O5Si2. The first-order valence-corrected chi connectivity index (χ1v) is 17.7. The Balaban J connectivity index is 1.72. The number of halogens is 1. The molecule has 0 aromatic carbocycles. The molecule has 196 valence electrons. The lowest BCUT2D eigenvalue weighted by atomic mass is 10.2. The number of rotatable bonds is 9. The van der Waals surface area contributed by atoms with Gasteiger partial charge in [-0.2, -0.15) is 4.98 Å². The molecule has 2 saturated heterocycles. The van der Waals surface area contributed by atoms with Crippen LogP contribution in [0.1, 0.15) is 59.6 Å². The highest BCUT2D eigenvalue weighted by Gasteiger charge is 2.56. The molecule has 4 heterocycles. The summed E-state index contributed by atoms with van der Waals surface area (Å²) < 4.78 is 29.0. The van der Waals surface area contributed by atoms with E-state index in [-0.39, 0.29) is 17.6 Å². The number of H-pyrrole nitrogens is 1. The number of nitrogens with one attached hydrogen (secondary N) is 1. The third-order valence-corrected chi connectivity index (χ3v) is 16.6. The van der Waals surface area contributed by atoms with E-state index >= 15 is 0 Å². The van der Waals surface area contributed by atoms with Crippen LogP contribution in [0.3, 0.4) is 0 Å². The van der Waals surface area contributed by atoms with Gasteiger partial charge in [0.05, 0.1) is 19.0 Å². The summed E-state index contributed by atoms with van der Waals surface area (Å²) in [7, 11) is -5.12. The number of aromatic amines is 1. The van der Waals surface area contributed by atoms with Crippen LogP contribution < -0.4 is 11.3 Å². The molecule has 0 bridgehead atoms. The first-order valence-electron chi connectivity index (χ1n) is 12.8. The van der Waals surface area contributed by atoms with E-state index in [1.165, 1.54) is 6.33 Å². The Labute approximate surface area is 213 Å². The zero-order chi connectivity index (χ0) is 25.2. The molecule has 2 unspecified atom stereocenters. The highest BCUT2D eigenvalue weighted by molar-refractivity contribution is 6.81. The number of ether oxygens (including phenoxy) is 1. The normalized spacial score (nSPS) is 28.0. The van der Waals surface area contributed by atoms with Gasteiger partial charge in [-0.05, 0) is 24.2 Å². The second-order valence-corrected chi connectivity index (χ2v) is 17.1. The highest BCUT2D eigenvalue weighted by Crippen LogP contribution is 2.43. The van der Waals surface area contributed by atoms with Crippen molar-refractivity contribution in [2.24, 2.45) is 0 Å². The maximum atomic E-state index is 12.3. The Morgan fingerprint density at radius 2 is 1.74 bits per heavy atom. The van der Waals surface area contributed by atoms with Gasteiger partial charge in [0.15, 0.2) is 17.4 Å². The van der Waals surface area contributed by atoms with E-state index in [1.807, 2.05) is 0 Å². The smallest absolute Gasteiger partial charge is 0.329 e. The molecule has 0 amide bonds. The summed E-state index contributed by atoms with van der Waals surface area (Å²) in [5.74, 6) is 0.0135. The van der Waals surface area contributed by atoms with Crippen LogP contribution in [0.15, 0.2) is 11.1 Å². The lowest BCUT2D eigenvalue weighted by Crippen LogP contribution is -2.61. The van der Waals surface area contributed by atoms with Gasteiger partial charge >= 0.3 is 17.1 Å². The number of alkyl halides is 1. The van der Waals surface area contributed by atoms with Gasteiger partial charge in [0.2, 0.25) is 5.95 Å². The molecule has 2 fully saturated rings. The van der Waals surface area contributed by atoms with Crippen molar-refractivity contribution in [3.05, 3.63) is 16.7 Å². The number of aromatic nitrogens is 4. The van der Waals surface area contributed by atoms with Crippen LogP contribution in [0.4, 0.5) is 5.95 Å². The summed E-state index contributed by atoms with van der Waals surface area (Å²) in [6.45, 7) is 9.08.